The lowest BCUT2D eigenvalue weighted by molar-refractivity contribution is -0.140. The standard InChI is InChI=1S/C23H30N2O3/c1-17(2)24-23(27)18(3)25(16-20-11-8-12-21(15-20)28-4)22(26)14-13-19-9-6-5-7-10-19/h5-12,15,17-18H,13-14,16H2,1-4H3,(H,24,27)/t18-/m0/s1. The molecule has 0 aromatic heterocycles. The van der Waals surface area contributed by atoms with Crippen molar-refractivity contribution in [3.05, 3.63) is 65.7 Å². The Bertz CT molecular complexity index is 774. The smallest absolute Gasteiger partial charge is 0.242 e. The third kappa shape index (κ3) is 6.41. The highest BCUT2D eigenvalue weighted by Gasteiger charge is 2.26. The van der Waals surface area contributed by atoms with Crippen LogP contribution in [0, 0.1) is 0 Å². The topological polar surface area (TPSA) is 58.6 Å². The van der Waals surface area contributed by atoms with E-state index in [1.54, 1.807) is 18.9 Å². The number of benzene rings is 2. The van der Waals surface area contributed by atoms with Crippen molar-refractivity contribution in [3.63, 3.8) is 0 Å². The van der Waals surface area contributed by atoms with Gasteiger partial charge >= 0.3 is 0 Å². The van der Waals surface area contributed by atoms with E-state index in [0.717, 1.165) is 16.9 Å². The molecule has 0 heterocycles. The van der Waals surface area contributed by atoms with Gasteiger partial charge in [0.25, 0.3) is 0 Å². The highest BCUT2D eigenvalue weighted by molar-refractivity contribution is 5.87. The summed E-state index contributed by atoms with van der Waals surface area (Å²) in [6.45, 7) is 5.96. The van der Waals surface area contributed by atoms with E-state index < -0.39 is 6.04 Å². The van der Waals surface area contributed by atoms with Gasteiger partial charge in [-0.3, -0.25) is 9.59 Å². The van der Waals surface area contributed by atoms with Crippen LogP contribution >= 0.6 is 0 Å². The number of nitrogens with one attached hydrogen (secondary N) is 1. The zero-order chi connectivity index (χ0) is 20.5. The Morgan fingerprint density at radius 3 is 2.32 bits per heavy atom. The van der Waals surface area contributed by atoms with Gasteiger partial charge in [-0.1, -0.05) is 42.5 Å². The van der Waals surface area contributed by atoms with Crippen LogP contribution in [0.25, 0.3) is 0 Å². The lowest BCUT2D eigenvalue weighted by Crippen LogP contribution is -2.49. The molecule has 1 N–H and O–H groups in total. The minimum atomic E-state index is -0.558. The molecule has 0 saturated heterocycles. The minimum absolute atomic E-state index is 0.0213. The summed E-state index contributed by atoms with van der Waals surface area (Å²) in [5.41, 5.74) is 2.04. The number of rotatable bonds is 9. The van der Waals surface area contributed by atoms with Gasteiger partial charge in [0.1, 0.15) is 11.8 Å². The summed E-state index contributed by atoms with van der Waals surface area (Å²) in [5, 5.41) is 2.90. The van der Waals surface area contributed by atoms with Gasteiger partial charge in [-0.05, 0) is 50.5 Å². The van der Waals surface area contributed by atoms with Crippen LogP contribution in [0.15, 0.2) is 54.6 Å². The van der Waals surface area contributed by atoms with Crippen LogP contribution in [-0.4, -0.2) is 35.9 Å². The van der Waals surface area contributed by atoms with E-state index in [1.807, 2.05) is 68.4 Å². The second-order valence-corrected chi connectivity index (χ2v) is 7.20. The lowest BCUT2D eigenvalue weighted by atomic mass is 10.1. The molecular formula is C23H30N2O3. The molecule has 0 bridgehead atoms. The summed E-state index contributed by atoms with van der Waals surface area (Å²) < 4.78 is 5.28. The Kier molecular flexibility index (Phi) is 8.05. The monoisotopic (exact) mass is 382 g/mol. The first kappa shape index (κ1) is 21.5. The van der Waals surface area contributed by atoms with Gasteiger partial charge in [-0.2, -0.15) is 0 Å². The molecule has 0 aliphatic heterocycles. The van der Waals surface area contributed by atoms with Gasteiger partial charge in [0.15, 0.2) is 0 Å². The molecule has 0 unspecified atom stereocenters. The SMILES string of the molecule is COc1cccc(CN(C(=O)CCc2ccccc2)[C@@H](C)C(=O)NC(C)C)c1. The molecule has 0 aliphatic carbocycles. The molecule has 2 aromatic carbocycles. The zero-order valence-corrected chi connectivity index (χ0v) is 17.1. The van der Waals surface area contributed by atoms with E-state index in [9.17, 15) is 9.59 Å². The fraction of sp³-hybridized carbons (Fsp3) is 0.391. The average molecular weight is 383 g/mol. The number of carbonyl (C=O) groups excluding carboxylic acids is 2. The van der Waals surface area contributed by atoms with Crippen LogP contribution in [0.2, 0.25) is 0 Å². The van der Waals surface area contributed by atoms with Crippen molar-refractivity contribution in [2.24, 2.45) is 0 Å². The van der Waals surface area contributed by atoms with Crippen LogP contribution in [0.5, 0.6) is 5.75 Å². The number of hydrogen-bond donors (Lipinski definition) is 1. The molecule has 1 atom stereocenters. The van der Waals surface area contributed by atoms with Gasteiger partial charge in [-0.15, -0.1) is 0 Å². The summed E-state index contributed by atoms with van der Waals surface area (Å²) in [7, 11) is 1.61. The first-order valence-electron chi connectivity index (χ1n) is 9.67. The van der Waals surface area contributed by atoms with E-state index in [1.165, 1.54) is 0 Å². The second kappa shape index (κ2) is 10.5. The van der Waals surface area contributed by atoms with E-state index in [-0.39, 0.29) is 17.9 Å². The van der Waals surface area contributed by atoms with Crippen molar-refractivity contribution >= 4 is 11.8 Å². The highest BCUT2D eigenvalue weighted by Crippen LogP contribution is 2.17. The van der Waals surface area contributed by atoms with Gasteiger partial charge < -0.3 is 15.0 Å². The molecule has 28 heavy (non-hydrogen) atoms. The van der Waals surface area contributed by atoms with Gasteiger partial charge in [-0.25, -0.2) is 0 Å². The third-order valence-electron chi connectivity index (χ3n) is 4.56. The fourth-order valence-corrected chi connectivity index (χ4v) is 2.99. The highest BCUT2D eigenvalue weighted by atomic mass is 16.5. The molecule has 0 aliphatic rings. The molecule has 2 amide bonds. The van der Waals surface area contributed by atoms with Crippen molar-refractivity contribution in [2.75, 3.05) is 7.11 Å². The maximum Gasteiger partial charge on any atom is 0.242 e. The number of amides is 2. The molecule has 2 aromatic rings. The maximum atomic E-state index is 13.0. The molecule has 5 heteroatoms. The van der Waals surface area contributed by atoms with E-state index in [4.69, 9.17) is 4.74 Å². The van der Waals surface area contributed by atoms with Crippen LogP contribution in [-0.2, 0) is 22.6 Å². The van der Waals surface area contributed by atoms with Crippen LogP contribution in [0.3, 0.4) is 0 Å². The van der Waals surface area contributed by atoms with E-state index in [2.05, 4.69) is 5.32 Å². The molecule has 0 saturated carbocycles. The van der Waals surface area contributed by atoms with Crippen molar-refractivity contribution in [1.82, 2.24) is 10.2 Å². The quantitative estimate of drug-likeness (QED) is 0.721. The van der Waals surface area contributed by atoms with Crippen LogP contribution in [0.1, 0.15) is 38.3 Å². The number of nitrogens with zero attached hydrogens (tertiary/aromatic N) is 1. The van der Waals surface area contributed by atoms with Gasteiger partial charge in [0.2, 0.25) is 11.8 Å². The van der Waals surface area contributed by atoms with Crippen LogP contribution < -0.4 is 10.1 Å². The van der Waals surface area contributed by atoms with Crippen molar-refractivity contribution in [3.8, 4) is 5.75 Å². The number of methoxy groups -OCH3 is 1. The average Bonchev–Trinajstić information content (AvgIpc) is 2.70. The Labute approximate surface area is 167 Å². The van der Waals surface area contributed by atoms with Crippen molar-refractivity contribution in [1.29, 1.82) is 0 Å². The summed E-state index contributed by atoms with van der Waals surface area (Å²) in [4.78, 5) is 27.2. The molecule has 5 nitrogen and oxygen atoms in total. The second-order valence-electron chi connectivity index (χ2n) is 7.20. The Morgan fingerprint density at radius 1 is 1.00 bits per heavy atom. The normalized spacial score (nSPS) is 11.8. The number of ether oxygens (including phenoxy) is 1. The summed E-state index contributed by atoms with van der Waals surface area (Å²) in [6.07, 6.45) is 1.00. The minimum Gasteiger partial charge on any atom is -0.497 e. The summed E-state index contributed by atoms with van der Waals surface area (Å²) >= 11 is 0. The Balaban J connectivity index is 2.16. The maximum absolute atomic E-state index is 13.0. The summed E-state index contributed by atoms with van der Waals surface area (Å²) in [5.74, 6) is 0.539. The largest absolute Gasteiger partial charge is 0.497 e. The first-order chi connectivity index (χ1) is 13.4. The predicted molar refractivity (Wildman–Crippen MR) is 111 cm³/mol. The first-order valence-corrected chi connectivity index (χ1v) is 9.67. The fourth-order valence-electron chi connectivity index (χ4n) is 2.99. The lowest BCUT2D eigenvalue weighted by Gasteiger charge is -2.29. The number of carbonyl (C=O) groups is 2. The molecule has 2 rings (SSSR count). The zero-order valence-electron chi connectivity index (χ0n) is 17.1. The van der Waals surface area contributed by atoms with Crippen LogP contribution in [0.4, 0.5) is 0 Å². The number of aryl methyl sites for hydroxylation is 1. The molecular weight excluding hydrogens is 352 g/mol. The number of hydrogen-bond acceptors (Lipinski definition) is 3. The summed E-state index contributed by atoms with van der Waals surface area (Å²) in [6, 6.07) is 16.9. The van der Waals surface area contributed by atoms with Gasteiger partial charge in [0.05, 0.1) is 7.11 Å². The Morgan fingerprint density at radius 2 is 1.68 bits per heavy atom. The molecule has 0 spiro atoms. The molecule has 0 radical (unpaired) electrons. The third-order valence-corrected chi connectivity index (χ3v) is 4.56. The van der Waals surface area contributed by atoms with Gasteiger partial charge in [0, 0.05) is 19.0 Å². The molecule has 150 valence electrons. The predicted octanol–water partition coefficient (Wildman–Crippen LogP) is 3.57. The molecule has 0 fully saturated rings. The Hall–Kier alpha value is -2.82. The van der Waals surface area contributed by atoms with E-state index >= 15 is 0 Å². The van der Waals surface area contributed by atoms with E-state index in [0.29, 0.717) is 19.4 Å². The van der Waals surface area contributed by atoms with Crippen molar-refractivity contribution < 1.29 is 14.3 Å². The van der Waals surface area contributed by atoms with Crippen molar-refractivity contribution in [2.45, 2.75) is 52.2 Å².